The average Bonchev–Trinajstić information content (AvgIpc) is 2.45. The fraction of sp³-hybridized carbons (Fsp3) is 0.643. The zero-order valence-electron chi connectivity index (χ0n) is 10.8. The van der Waals surface area contributed by atoms with E-state index in [1.807, 2.05) is 24.4 Å². The molecule has 100 valence electrons. The van der Waals surface area contributed by atoms with Crippen LogP contribution in [0.15, 0.2) is 24.4 Å². The van der Waals surface area contributed by atoms with Gasteiger partial charge in [-0.15, -0.1) is 0 Å². The van der Waals surface area contributed by atoms with Gasteiger partial charge in [0.2, 0.25) is 0 Å². The van der Waals surface area contributed by atoms with Crippen molar-refractivity contribution >= 4 is 0 Å². The van der Waals surface area contributed by atoms with Gasteiger partial charge in [0.15, 0.2) is 0 Å². The van der Waals surface area contributed by atoms with Crippen molar-refractivity contribution < 1.29 is 9.47 Å². The van der Waals surface area contributed by atoms with Gasteiger partial charge < -0.3 is 14.8 Å². The molecule has 0 unspecified atom stereocenters. The molecule has 0 atom stereocenters. The molecule has 1 saturated heterocycles. The number of aromatic nitrogens is 1. The Morgan fingerprint density at radius 1 is 1.33 bits per heavy atom. The zero-order chi connectivity index (χ0) is 12.5. The van der Waals surface area contributed by atoms with Crippen LogP contribution in [-0.4, -0.2) is 38.0 Å². The van der Waals surface area contributed by atoms with Gasteiger partial charge in [0.1, 0.15) is 0 Å². The Morgan fingerprint density at radius 3 is 3.00 bits per heavy atom. The van der Waals surface area contributed by atoms with E-state index >= 15 is 0 Å². The standard InChI is InChI=1S/C14H22N2O2/c1-2-6-16-14(3-1)11-15-7-10-18-12-13-4-8-17-9-5-13/h1-3,6,13,15H,4-5,7-12H2. The van der Waals surface area contributed by atoms with Crippen molar-refractivity contribution in [3.05, 3.63) is 30.1 Å². The normalized spacial score (nSPS) is 16.9. The minimum Gasteiger partial charge on any atom is -0.381 e. The topological polar surface area (TPSA) is 43.4 Å². The van der Waals surface area contributed by atoms with Crippen LogP contribution >= 0.6 is 0 Å². The summed E-state index contributed by atoms with van der Waals surface area (Å²) in [6.45, 7) is 5.11. The number of hydrogen-bond acceptors (Lipinski definition) is 4. The molecule has 0 bridgehead atoms. The van der Waals surface area contributed by atoms with Gasteiger partial charge >= 0.3 is 0 Å². The van der Waals surface area contributed by atoms with E-state index in [-0.39, 0.29) is 0 Å². The molecule has 0 aromatic carbocycles. The second-order valence-electron chi connectivity index (χ2n) is 4.63. The van der Waals surface area contributed by atoms with Crippen molar-refractivity contribution in [2.24, 2.45) is 5.92 Å². The first-order valence-electron chi connectivity index (χ1n) is 6.71. The molecular formula is C14H22N2O2. The molecule has 1 aromatic rings. The van der Waals surface area contributed by atoms with Crippen molar-refractivity contribution in [2.75, 3.05) is 33.0 Å². The first-order valence-corrected chi connectivity index (χ1v) is 6.71. The molecule has 0 amide bonds. The molecule has 4 heteroatoms. The average molecular weight is 250 g/mol. The fourth-order valence-corrected chi connectivity index (χ4v) is 2.03. The number of ether oxygens (including phenoxy) is 2. The molecule has 4 nitrogen and oxygen atoms in total. The lowest BCUT2D eigenvalue weighted by Crippen LogP contribution is -2.24. The van der Waals surface area contributed by atoms with Crippen LogP contribution in [-0.2, 0) is 16.0 Å². The molecule has 2 heterocycles. The number of hydrogen-bond donors (Lipinski definition) is 1. The van der Waals surface area contributed by atoms with Crippen LogP contribution in [0.3, 0.4) is 0 Å². The van der Waals surface area contributed by atoms with Gasteiger partial charge in [0.25, 0.3) is 0 Å². The summed E-state index contributed by atoms with van der Waals surface area (Å²) >= 11 is 0. The van der Waals surface area contributed by atoms with E-state index in [1.165, 1.54) is 0 Å². The summed E-state index contributed by atoms with van der Waals surface area (Å²) in [4.78, 5) is 4.25. The molecule has 18 heavy (non-hydrogen) atoms. The zero-order valence-corrected chi connectivity index (χ0v) is 10.8. The highest BCUT2D eigenvalue weighted by molar-refractivity contribution is 5.02. The summed E-state index contributed by atoms with van der Waals surface area (Å²) in [6.07, 6.45) is 4.10. The third-order valence-electron chi connectivity index (χ3n) is 3.15. The molecule has 0 radical (unpaired) electrons. The van der Waals surface area contributed by atoms with Crippen molar-refractivity contribution in [1.82, 2.24) is 10.3 Å². The van der Waals surface area contributed by atoms with E-state index < -0.39 is 0 Å². The van der Waals surface area contributed by atoms with Crippen LogP contribution < -0.4 is 5.32 Å². The lowest BCUT2D eigenvalue weighted by molar-refractivity contribution is 0.0214. The monoisotopic (exact) mass is 250 g/mol. The quantitative estimate of drug-likeness (QED) is 0.747. The maximum atomic E-state index is 5.67. The van der Waals surface area contributed by atoms with Crippen LogP contribution in [0.2, 0.25) is 0 Å². The smallest absolute Gasteiger partial charge is 0.0591 e. The third-order valence-corrected chi connectivity index (χ3v) is 3.15. The molecule has 1 fully saturated rings. The van der Waals surface area contributed by atoms with Gasteiger partial charge in [-0.2, -0.15) is 0 Å². The summed E-state index contributed by atoms with van der Waals surface area (Å²) in [6, 6.07) is 5.96. The number of rotatable bonds is 7. The Balaban J connectivity index is 1.46. The van der Waals surface area contributed by atoms with Crippen molar-refractivity contribution in [3.63, 3.8) is 0 Å². The molecule has 1 aliphatic rings. The van der Waals surface area contributed by atoms with Gasteiger partial charge in [0.05, 0.1) is 12.3 Å². The lowest BCUT2D eigenvalue weighted by Gasteiger charge is -2.21. The van der Waals surface area contributed by atoms with Crippen molar-refractivity contribution in [3.8, 4) is 0 Å². The van der Waals surface area contributed by atoms with E-state index in [1.54, 1.807) is 0 Å². The minimum absolute atomic E-state index is 0.689. The Bertz CT molecular complexity index is 313. The largest absolute Gasteiger partial charge is 0.381 e. The van der Waals surface area contributed by atoms with Crippen molar-refractivity contribution in [1.29, 1.82) is 0 Å². The predicted molar refractivity (Wildman–Crippen MR) is 70.3 cm³/mol. The number of pyridine rings is 1. The van der Waals surface area contributed by atoms with Crippen LogP contribution in [0.4, 0.5) is 0 Å². The molecule has 0 saturated carbocycles. The molecule has 1 N–H and O–H groups in total. The van der Waals surface area contributed by atoms with E-state index in [9.17, 15) is 0 Å². The highest BCUT2D eigenvalue weighted by atomic mass is 16.5. The lowest BCUT2D eigenvalue weighted by atomic mass is 10.0. The molecule has 1 aromatic heterocycles. The Kier molecular flexibility index (Phi) is 6.12. The summed E-state index contributed by atoms with van der Waals surface area (Å²) in [5.74, 6) is 0.689. The number of nitrogens with zero attached hydrogens (tertiary/aromatic N) is 1. The first kappa shape index (κ1) is 13.5. The van der Waals surface area contributed by atoms with Crippen molar-refractivity contribution in [2.45, 2.75) is 19.4 Å². The highest BCUT2D eigenvalue weighted by Gasteiger charge is 2.13. The summed E-state index contributed by atoms with van der Waals surface area (Å²) in [5, 5.41) is 3.33. The maximum Gasteiger partial charge on any atom is 0.0591 e. The van der Waals surface area contributed by atoms with E-state index in [4.69, 9.17) is 9.47 Å². The maximum absolute atomic E-state index is 5.67. The third kappa shape index (κ3) is 5.12. The van der Waals surface area contributed by atoms with E-state index in [0.29, 0.717) is 5.92 Å². The van der Waals surface area contributed by atoms with Crippen LogP contribution in [0.25, 0.3) is 0 Å². The summed E-state index contributed by atoms with van der Waals surface area (Å²) in [5.41, 5.74) is 1.07. The Morgan fingerprint density at radius 2 is 2.22 bits per heavy atom. The van der Waals surface area contributed by atoms with Gasteiger partial charge in [-0.1, -0.05) is 6.07 Å². The van der Waals surface area contributed by atoms with Gasteiger partial charge in [0, 0.05) is 39.1 Å². The second-order valence-corrected chi connectivity index (χ2v) is 4.63. The minimum atomic E-state index is 0.689. The molecule has 1 aliphatic heterocycles. The predicted octanol–water partition coefficient (Wildman–Crippen LogP) is 1.61. The highest BCUT2D eigenvalue weighted by Crippen LogP contribution is 2.14. The fourth-order valence-electron chi connectivity index (χ4n) is 2.03. The van der Waals surface area contributed by atoms with Gasteiger partial charge in [-0.05, 0) is 30.9 Å². The van der Waals surface area contributed by atoms with Crippen LogP contribution in [0.5, 0.6) is 0 Å². The second kappa shape index (κ2) is 8.19. The molecule has 0 aliphatic carbocycles. The Labute approximate surface area is 109 Å². The van der Waals surface area contributed by atoms with Gasteiger partial charge in [-0.3, -0.25) is 4.98 Å². The molecular weight excluding hydrogens is 228 g/mol. The summed E-state index contributed by atoms with van der Waals surface area (Å²) in [7, 11) is 0. The Hall–Kier alpha value is -0.970. The van der Waals surface area contributed by atoms with E-state index in [0.717, 1.165) is 58.1 Å². The first-order chi connectivity index (χ1) is 8.95. The molecule has 2 rings (SSSR count). The summed E-state index contributed by atoms with van der Waals surface area (Å²) < 4.78 is 11.0. The van der Waals surface area contributed by atoms with Gasteiger partial charge in [-0.25, -0.2) is 0 Å². The molecule has 0 spiro atoms. The SMILES string of the molecule is c1ccc(CNCCOCC2CCOCC2)nc1. The van der Waals surface area contributed by atoms with Crippen LogP contribution in [0, 0.1) is 5.92 Å². The van der Waals surface area contributed by atoms with E-state index in [2.05, 4.69) is 10.3 Å². The van der Waals surface area contributed by atoms with Crippen LogP contribution in [0.1, 0.15) is 18.5 Å². The number of nitrogens with one attached hydrogen (secondary N) is 1.